The molecule has 1 saturated heterocycles. The van der Waals surface area contributed by atoms with Crippen LogP contribution in [0.25, 0.3) is 0 Å². The molecule has 1 aromatic rings. The highest BCUT2D eigenvalue weighted by molar-refractivity contribution is 5.45. The van der Waals surface area contributed by atoms with E-state index in [0.29, 0.717) is 12.1 Å². The first kappa shape index (κ1) is 15.3. The first-order chi connectivity index (χ1) is 9.74. The molecule has 1 aliphatic heterocycles. The molecule has 2 heterocycles. The van der Waals surface area contributed by atoms with Crippen molar-refractivity contribution in [3.8, 4) is 0 Å². The van der Waals surface area contributed by atoms with Gasteiger partial charge in [-0.2, -0.15) is 0 Å². The van der Waals surface area contributed by atoms with Crippen molar-refractivity contribution < 1.29 is 0 Å². The number of nitrogens with zero attached hydrogens (tertiary/aromatic N) is 2. The van der Waals surface area contributed by atoms with Gasteiger partial charge >= 0.3 is 0 Å². The molecule has 0 aromatic carbocycles. The van der Waals surface area contributed by atoms with Crippen LogP contribution in [-0.4, -0.2) is 29.0 Å². The summed E-state index contributed by atoms with van der Waals surface area (Å²) in [5.41, 5.74) is 1.39. The van der Waals surface area contributed by atoms with E-state index in [1.807, 2.05) is 6.20 Å². The third-order valence-electron chi connectivity index (χ3n) is 4.23. The number of pyridine rings is 1. The predicted octanol–water partition coefficient (Wildman–Crippen LogP) is 4.23. The molecule has 0 radical (unpaired) electrons. The molecular formula is C17H29N3. The highest BCUT2D eigenvalue weighted by Crippen LogP contribution is 2.35. The van der Waals surface area contributed by atoms with Crippen molar-refractivity contribution in [1.29, 1.82) is 0 Å². The zero-order chi connectivity index (χ0) is 14.4. The lowest BCUT2D eigenvalue weighted by molar-refractivity contribution is 0.112. The topological polar surface area (TPSA) is 28.2 Å². The van der Waals surface area contributed by atoms with Crippen LogP contribution in [0.1, 0.15) is 64.5 Å². The monoisotopic (exact) mass is 275 g/mol. The lowest BCUT2D eigenvalue weighted by Crippen LogP contribution is -2.38. The van der Waals surface area contributed by atoms with E-state index < -0.39 is 0 Å². The molecule has 2 rings (SSSR count). The molecule has 0 bridgehead atoms. The predicted molar refractivity (Wildman–Crippen MR) is 86.1 cm³/mol. The Bertz CT molecular complexity index is 403. The van der Waals surface area contributed by atoms with E-state index in [4.69, 9.17) is 0 Å². The lowest BCUT2D eigenvalue weighted by atomic mass is 9.94. The van der Waals surface area contributed by atoms with Crippen LogP contribution >= 0.6 is 0 Å². The van der Waals surface area contributed by atoms with Gasteiger partial charge in [0.15, 0.2) is 0 Å². The van der Waals surface area contributed by atoms with Gasteiger partial charge < -0.3 is 5.32 Å². The van der Waals surface area contributed by atoms with E-state index in [1.54, 1.807) is 0 Å². The van der Waals surface area contributed by atoms with Gasteiger partial charge in [-0.25, -0.2) is 4.98 Å². The van der Waals surface area contributed by atoms with Gasteiger partial charge in [0.05, 0.1) is 0 Å². The molecule has 0 amide bonds. The number of nitrogens with one attached hydrogen (secondary N) is 1. The summed E-state index contributed by atoms with van der Waals surface area (Å²) >= 11 is 0. The summed E-state index contributed by atoms with van der Waals surface area (Å²) in [6.07, 6.45) is 8.24. The molecule has 0 saturated carbocycles. The van der Waals surface area contributed by atoms with Crippen molar-refractivity contribution in [2.24, 2.45) is 0 Å². The minimum Gasteiger partial charge on any atom is -0.370 e. The number of piperidine rings is 1. The summed E-state index contributed by atoms with van der Waals surface area (Å²) in [5.74, 6) is 1.10. The average molecular weight is 275 g/mol. The Hall–Kier alpha value is -1.09. The van der Waals surface area contributed by atoms with Crippen LogP contribution in [0, 0.1) is 0 Å². The summed E-state index contributed by atoms with van der Waals surface area (Å²) in [5, 5.41) is 3.53. The Labute approximate surface area is 123 Å². The zero-order valence-electron chi connectivity index (χ0n) is 13.2. The molecule has 3 nitrogen and oxygen atoms in total. The summed E-state index contributed by atoms with van der Waals surface area (Å²) in [6, 6.07) is 5.46. The molecule has 0 spiro atoms. The maximum Gasteiger partial charge on any atom is 0.130 e. The third-order valence-corrected chi connectivity index (χ3v) is 4.23. The van der Waals surface area contributed by atoms with Crippen LogP contribution in [0.3, 0.4) is 0 Å². The molecule has 20 heavy (non-hydrogen) atoms. The standard InChI is InChI=1S/C17H29N3/c1-4-5-11-18-17-15(9-8-12-19-17)16-10-6-7-13-20(16)14(2)3/h8-9,12,14,16H,4-7,10-11,13H2,1-3H3,(H,18,19)/t16-/m1/s1. The molecule has 0 unspecified atom stereocenters. The van der Waals surface area contributed by atoms with Crippen molar-refractivity contribution in [1.82, 2.24) is 9.88 Å². The average Bonchev–Trinajstić information content (AvgIpc) is 2.48. The molecule has 1 atom stereocenters. The van der Waals surface area contributed by atoms with Crippen LogP contribution in [0.5, 0.6) is 0 Å². The first-order valence-electron chi connectivity index (χ1n) is 8.18. The van der Waals surface area contributed by atoms with Crippen molar-refractivity contribution in [3.05, 3.63) is 23.9 Å². The second-order valence-electron chi connectivity index (χ2n) is 6.06. The minimum atomic E-state index is 0.529. The second kappa shape index (κ2) is 7.63. The van der Waals surface area contributed by atoms with Gasteiger partial charge in [-0.05, 0) is 45.7 Å². The molecule has 1 N–H and O–H groups in total. The third kappa shape index (κ3) is 3.72. The summed E-state index contributed by atoms with van der Waals surface area (Å²) in [6.45, 7) is 9.07. The Morgan fingerprint density at radius 2 is 2.25 bits per heavy atom. The smallest absolute Gasteiger partial charge is 0.130 e. The summed E-state index contributed by atoms with van der Waals surface area (Å²) < 4.78 is 0. The van der Waals surface area contributed by atoms with Crippen LogP contribution in [0.15, 0.2) is 18.3 Å². The van der Waals surface area contributed by atoms with E-state index in [0.717, 1.165) is 12.4 Å². The largest absolute Gasteiger partial charge is 0.370 e. The number of aromatic nitrogens is 1. The maximum absolute atomic E-state index is 4.58. The molecule has 3 heteroatoms. The lowest BCUT2D eigenvalue weighted by Gasteiger charge is -2.39. The number of hydrogen-bond acceptors (Lipinski definition) is 3. The van der Waals surface area contributed by atoms with Crippen LogP contribution in [0.4, 0.5) is 5.82 Å². The van der Waals surface area contributed by atoms with Gasteiger partial charge in [-0.15, -0.1) is 0 Å². The van der Waals surface area contributed by atoms with Crippen molar-refractivity contribution in [2.45, 2.75) is 65.0 Å². The molecule has 1 fully saturated rings. The minimum absolute atomic E-state index is 0.529. The van der Waals surface area contributed by atoms with Crippen LogP contribution in [-0.2, 0) is 0 Å². The van der Waals surface area contributed by atoms with Gasteiger partial charge in [-0.1, -0.05) is 25.8 Å². The number of likely N-dealkylation sites (tertiary alicyclic amines) is 1. The highest BCUT2D eigenvalue weighted by atomic mass is 15.2. The number of unbranched alkanes of at least 4 members (excludes halogenated alkanes) is 1. The van der Waals surface area contributed by atoms with Crippen molar-refractivity contribution in [2.75, 3.05) is 18.4 Å². The Kier molecular flexibility index (Phi) is 5.84. The SMILES string of the molecule is CCCCNc1ncccc1[C@H]1CCCCN1C(C)C. The van der Waals surface area contributed by atoms with E-state index in [1.165, 1.54) is 44.2 Å². The maximum atomic E-state index is 4.58. The normalized spacial score (nSPS) is 20.3. The van der Waals surface area contributed by atoms with Gasteiger partial charge in [-0.3, -0.25) is 4.90 Å². The van der Waals surface area contributed by atoms with Crippen molar-refractivity contribution in [3.63, 3.8) is 0 Å². The molecule has 1 aliphatic rings. The number of anilines is 1. The number of hydrogen-bond donors (Lipinski definition) is 1. The van der Waals surface area contributed by atoms with E-state index >= 15 is 0 Å². The van der Waals surface area contributed by atoms with Gasteiger partial charge in [0.2, 0.25) is 0 Å². The Morgan fingerprint density at radius 3 is 3.00 bits per heavy atom. The van der Waals surface area contributed by atoms with E-state index in [2.05, 4.69) is 48.1 Å². The number of rotatable bonds is 6. The zero-order valence-corrected chi connectivity index (χ0v) is 13.2. The van der Waals surface area contributed by atoms with E-state index in [9.17, 15) is 0 Å². The summed E-state index contributed by atoms with van der Waals surface area (Å²) in [4.78, 5) is 7.21. The Balaban J connectivity index is 2.16. The fourth-order valence-electron chi connectivity index (χ4n) is 3.12. The highest BCUT2D eigenvalue weighted by Gasteiger charge is 2.27. The quantitative estimate of drug-likeness (QED) is 0.788. The van der Waals surface area contributed by atoms with E-state index in [-0.39, 0.29) is 0 Å². The fraction of sp³-hybridized carbons (Fsp3) is 0.706. The van der Waals surface area contributed by atoms with Crippen LogP contribution in [0.2, 0.25) is 0 Å². The molecule has 1 aromatic heterocycles. The molecule has 0 aliphatic carbocycles. The first-order valence-corrected chi connectivity index (χ1v) is 8.18. The van der Waals surface area contributed by atoms with Gasteiger partial charge in [0.1, 0.15) is 5.82 Å². The second-order valence-corrected chi connectivity index (χ2v) is 6.06. The molecule has 112 valence electrons. The van der Waals surface area contributed by atoms with Crippen LogP contribution < -0.4 is 5.32 Å². The summed E-state index contributed by atoms with van der Waals surface area (Å²) in [7, 11) is 0. The van der Waals surface area contributed by atoms with Crippen molar-refractivity contribution >= 4 is 5.82 Å². The van der Waals surface area contributed by atoms with Gasteiger partial charge in [0.25, 0.3) is 0 Å². The molecular weight excluding hydrogens is 246 g/mol. The fourth-order valence-corrected chi connectivity index (χ4v) is 3.12. The van der Waals surface area contributed by atoms with Gasteiger partial charge in [0, 0.05) is 30.4 Å². The Morgan fingerprint density at radius 1 is 1.40 bits per heavy atom.